The van der Waals surface area contributed by atoms with Crippen molar-refractivity contribution >= 4 is 39.5 Å². The molecule has 26 heavy (non-hydrogen) atoms. The molecule has 0 spiro atoms. The molecule has 138 valence electrons. The molecule has 0 aliphatic heterocycles. The first-order valence-corrected chi connectivity index (χ1v) is 9.28. The van der Waals surface area contributed by atoms with Crippen LogP contribution in [0.25, 0.3) is 0 Å². The fraction of sp³-hybridized carbons (Fsp3) is 0.263. The molecule has 0 saturated heterocycles. The highest BCUT2D eigenvalue weighted by atomic mass is 79.9. The van der Waals surface area contributed by atoms with E-state index in [1.165, 1.54) is 11.0 Å². The first kappa shape index (κ1) is 19.8. The van der Waals surface area contributed by atoms with Crippen LogP contribution in [0, 0.1) is 0 Å². The second-order valence-corrected chi connectivity index (χ2v) is 6.58. The summed E-state index contributed by atoms with van der Waals surface area (Å²) in [4.78, 5) is 26.8. The first-order valence-electron chi connectivity index (χ1n) is 8.16. The minimum atomic E-state index is -1.07. The fourth-order valence-corrected chi connectivity index (χ4v) is 2.84. The predicted octanol–water partition coefficient (Wildman–Crippen LogP) is 4.98. The number of alkyl halides is 1. The fourth-order valence-electron chi connectivity index (χ4n) is 2.49. The van der Waals surface area contributed by atoms with Gasteiger partial charge in [-0.2, -0.15) is 0 Å². The number of ether oxygens (including phenoxy) is 1. The molecule has 0 bridgehead atoms. The zero-order chi connectivity index (χ0) is 19.1. The molecule has 0 saturated carbocycles. The molecule has 0 aromatic heterocycles. The lowest BCUT2D eigenvalue weighted by Crippen LogP contribution is -2.39. The lowest BCUT2D eigenvalue weighted by Gasteiger charge is -2.26. The van der Waals surface area contributed by atoms with Gasteiger partial charge < -0.3 is 9.84 Å². The van der Waals surface area contributed by atoms with Crippen LogP contribution in [0.1, 0.15) is 13.8 Å². The molecule has 0 fully saturated rings. The molecule has 2 aromatic carbocycles. The summed E-state index contributed by atoms with van der Waals surface area (Å²) in [6.45, 7) is 4.08. The summed E-state index contributed by atoms with van der Waals surface area (Å²) < 4.78 is 5.50. The summed E-state index contributed by atoms with van der Waals surface area (Å²) in [6.07, 6.45) is -1.59. The highest BCUT2D eigenvalue weighted by Crippen LogP contribution is 2.24. The minimum Gasteiger partial charge on any atom is -0.465 e. The third kappa shape index (κ3) is 4.98. The Morgan fingerprint density at radius 3 is 2.31 bits per heavy atom. The average Bonchev–Trinajstić information content (AvgIpc) is 2.60. The minimum absolute atomic E-state index is 0.100. The van der Waals surface area contributed by atoms with Gasteiger partial charge in [0.1, 0.15) is 5.75 Å². The molecule has 0 aliphatic rings. The van der Waals surface area contributed by atoms with Gasteiger partial charge in [0.2, 0.25) is 0 Å². The molecular formula is C19H21BrN2O4. The summed E-state index contributed by atoms with van der Waals surface area (Å²) >= 11 is 3.24. The molecular weight excluding hydrogens is 400 g/mol. The molecule has 0 unspecified atom stereocenters. The van der Waals surface area contributed by atoms with Gasteiger partial charge in [-0.15, -0.1) is 0 Å². The van der Waals surface area contributed by atoms with Crippen molar-refractivity contribution in [2.24, 2.45) is 0 Å². The van der Waals surface area contributed by atoms with Crippen LogP contribution in [0.3, 0.4) is 0 Å². The molecule has 7 heteroatoms. The highest BCUT2D eigenvalue weighted by Gasteiger charge is 2.22. The van der Waals surface area contributed by atoms with Crippen LogP contribution in [0.5, 0.6) is 5.75 Å². The van der Waals surface area contributed by atoms with Crippen molar-refractivity contribution in [1.82, 2.24) is 0 Å². The molecule has 6 nitrogen and oxygen atoms in total. The van der Waals surface area contributed by atoms with Crippen molar-refractivity contribution in [3.63, 3.8) is 0 Å². The Labute approximate surface area is 161 Å². The van der Waals surface area contributed by atoms with Gasteiger partial charge in [-0.3, -0.25) is 9.80 Å². The number of halogens is 1. The van der Waals surface area contributed by atoms with E-state index >= 15 is 0 Å². The van der Waals surface area contributed by atoms with Gasteiger partial charge in [-0.05, 0) is 38.1 Å². The summed E-state index contributed by atoms with van der Waals surface area (Å²) in [6, 6.07) is 15.6. The average molecular weight is 421 g/mol. The number of carboxylic acid groups (broad SMARTS) is 1. The molecule has 0 aliphatic carbocycles. The van der Waals surface area contributed by atoms with Gasteiger partial charge in [-0.25, -0.2) is 9.59 Å². The Kier molecular flexibility index (Phi) is 7.03. The van der Waals surface area contributed by atoms with Crippen molar-refractivity contribution < 1.29 is 19.4 Å². The number of hydrogen-bond acceptors (Lipinski definition) is 3. The van der Waals surface area contributed by atoms with E-state index in [1.54, 1.807) is 23.1 Å². The highest BCUT2D eigenvalue weighted by molar-refractivity contribution is 9.09. The third-order valence-electron chi connectivity index (χ3n) is 3.62. The Morgan fingerprint density at radius 1 is 1.08 bits per heavy atom. The van der Waals surface area contributed by atoms with E-state index in [0.29, 0.717) is 11.0 Å². The largest absolute Gasteiger partial charge is 0.465 e. The summed E-state index contributed by atoms with van der Waals surface area (Å²) in [5.41, 5.74) is 1.17. The summed E-state index contributed by atoms with van der Waals surface area (Å²) in [5.74, 6) is 0.287. The van der Waals surface area contributed by atoms with Crippen LogP contribution in [0.15, 0.2) is 54.6 Å². The molecule has 1 N–H and O–H groups in total. The number of nitrogens with zero attached hydrogens (tertiary/aromatic N) is 2. The van der Waals surface area contributed by atoms with Crippen molar-refractivity contribution in [1.29, 1.82) is 0 Å². The van der Waals surface area contributed by atoms with Crippen molar-refractivity contribution in [3.05, 3.63) is 54.6 Å². The maximum absolute atomic E-state index is 12.7. The number of carbonyl (C=O) groups excluding carboxylic acids is 1. The van der Waals surface area contributed by atoms with Gasteiger partial charge in [-0.1, -0.05) is 40.2 Å². The smallest absolute Gasteiger partial charge is 0.419 e. The molecule has 2 aromatic rings. The number of amides is 2. The normalized spacial score (nSPS) is 10.5. The van der Waals surface area contributed by atoms with E-state index in [9.17, 15) is 14.7 Å². The van der Waals surface area contributed by atoms with E-state index < -0.39 is 12.2 Å². The van der Waals surface area contributed by atoms with Crippen molar-refractivity contribution in [2.75, 3.05) is 21.7 Å². The first-order chi connectivity index (χ1) is 12.4. The maximum Gasteiger partial charge on any atom is 0.419 e. The summed E-state index contributed by atoms with van der Waals surface area (Å²) in [5, 5.41) is 9.83. The predicted molar refractivity (Wildman–Crippen MR) is 106 cm³/mol. The third-order valence-corrected chi connectivity index (χ3v) is 3.98. The number of para-hydroxylation sites is 1. The van der Waals surface area contributed by atoms with Gasteiger partial charge in [0.15, 0.2) is 0 Å². The van der Waals surface area contributed by atoms with Crippen LogP contribution in [0.4, 0.5) is 21.0 Å². The number of hydrogen-bond donors (Lipinski definition) is 1. The van der Waals surface area contributed by atoms with E-state index in [4.69, 9.17) is 4.74 Å². The molecule has 0 heterocycles. The quantitative estimate of drug-likeness (QED) is 0.668. The standard InChI is InChI=1S/C19H21BrN2O4/c1-14(2)22(15-7-4-3-5-8-15)19(25)26-17-10-6-9-16(13-17)21(12-11-20)18(23)24/h3-10,13-14H,11-12H2,1-2H3,(H,23,24). The second kappa shape index (κ2) is 9.24. The molecule has 2 rings (SSSR count). The summed E-state index contributed by atoms with van der Waals surface area (Å²) in [7, 11) is 0. The monoisotopic (exact) mass is 420 g/mol. The molecule has 0 atom stereocenters. The Hall–Kier alpha value is -2.54. The van der Waals surface area contributed by atoms with Crippen LogP contribution >= 0.6 is 15.9 Å². The van der Waals surface area contributed by atoms with E-state index in [2.05, 4.69) is 15.9 Å². The van der Waals surface area contributed by atoms with Crippen LogP contribution in [0.2, 0.25) is 0 Å². The zero-order valence-corrected chi connectivity index (χ0v) is 16.2. The van der Waals surface area contributed by atoms with Crippen LogP contribution in [-0.4, -0.2) is 35.2 Å². The van der Waals surface area contributed by atoms with Gasteiger partial charge in [0, 0.05) is 29.7 Å². The Balaban J connectivity index is 2.23. The topological polar surface area (TPSA) is 70.1 Å². The Morgan fingerprint density at radius 2 is 1.73 bits per heavy atom. The van der Waals surface area contributed by atoms with Crippen molar-refractivity contribution in [2.45, 2.75) is 19.9 Å². The SMILES string of the molecule is CC(C)N(C(=O)Oc1cccc(N(CCBr)C(=O)O)c1)c1ccccc1. The van der Waals surface area contributed by atoms with Crippen LogP contribution in [-0.2, 0) is 0 Å². The van der Waals surface area contributed by atoms with E-state index in [-0.39, 0.29) is 18.3 Å². The number of benzene rings is 2. The van der Waals surface area contributed by atoms with Gasteiger partial charge in [0.05, 0.1) is 5.69 Å². The van der Waals surface area contributed by atoms with Crippen LogP contribution < -0.4 is 14.5 Å². The maximum atomic E-state index is 12.7. The van der Waals surface area contributed by atoms with E-state index in [1.807, 2.05) is 44.2 Å². The lowest BCUT2D eigenvalue weighted by molar-refractivity contribution is 0.202. The molecule has 2 amide bonds. The van der Waals surface area contributed by atoms with Crippen molar-refractivity contribution in [3.8, 4) is 5.75 Å². The second-order valence-electron chi connectivity index (χ2n) is 5.79. The number of rotatable bonds is 6. The van der Waals surface area contributed by atoms with E-state index in [0.717, 1.165) is 5.69 Å². The number of anilines is 2. The molecule has 0 radical (unpaired) electrons. The lowest BCUT2D eigenvalue weighted by atomic mass is 10.2. The van der Waals surface area contributed by atoms with Gasteiger partial charge in [0.25, 0.3) is 0 Å². The zero-order valence-electron chi connectivity index (χ0n) is 14.6. The Bertz CT molecular complexity index is 752. The number of carbonyl (C=O) groups is 2. The van der Waals surface area contributed by atoms with Gasteiger partial charge >= 0.3 is 12.2 Å².